The third-order valence-electron chi connectivity index (χ3n) is 3.09. The molecule has 1 fully saturated rings. The Morgan fingerprint density at radius 2 is 2.24 bits per heavy atom. The molecule has 0 aromatic rings. The number of aliphatic hydroxyl groups excluding tert-OH is 1. The van der Waals surface area contributed by atoms with Crippen molar-refractivity contribution in [3.63, 3.8) is 0 Å². The number of nitrogens with one attached hydrogen (secondary N) is 1. The van der Waals surface area contributed by atoms with Crippen LogP contribution in [0, 0.1) is 0 Å². The molecule has 2 amide bonds. The molecule has 1 heterocycles. The minimum Gasteiger partial charge on any atom is -0.479 e. The van der Waals surface area contributed by atoms with Crippen molar-refractivity contribution >= 4 is 12.0 Å². The number of hydrogen-bond acceptors (Lipinski definition) is 3. The van der Waals surface area contributed by atoms with Crippen LogP contribution in [0.2, 0.25) is 0 Å². The maximum Gasteiger partial charge on any atom is 0.332 e. The molecule has 1 unspecified atom stereocenters. The topological polar surface area (TPSA) is 89.9 Å². The van der Waals surface area contributed by atoms with Crippen LogP contribution in [0.3, 0.4) is 0 Å². The predicted octanol–water partition coefficient (Wildman–Crippen LogP) is 0.406. The van der Waals surface area contributed by atoms with Crippen LogP contribution >= 0.6 is 0 Å². The van der Waals surface area contributed by atoms with Crippen LogP contribution in [-0.4, -0.2) is 52.3 Å². The van der Waals surface area contributed by atoms with E-state index in [1.54, 1.807) is 4.90 Å². The summed E-state index contributed by atoms with van der Waals surface area (Å²) in [7, 11) is 0. The molecule has 0 radical (unpaired) electrons. The van der Waals surface area contributed by atoms with Crippen LogP contribution in [0.1, 0.15) is 32.6 Å². The molecule has 0 spiro atoms. The first-order chi connectivity index (χ1) is 8.06. The monoisotopic (exact) mass is 244 g/mol. The number of carbonyl (C=O) groups is 2. The summed E-state index contributed by atoms with van der Waals surface area (Å²) in [6, 6.07) is 0.131. The zero-order valence-corrected chi connectivity index (χ0v) is 10.1. The average Bonchev–Trinajstić information content (AvgIpc) is 2.76. The van der Waals surface area contributed by atoms with Crippen LogP contribution in [0.4, 0.5) is 4.79 Å². The number of carbonyl (C=O) groups excluding carboxylic acids is 1. The molecule has 1 aliphatic heterocycles. The number of carboxylic acids is 1. The van der Waals surface area contributed by atoms with Gasteiger partial charge in [-0.3, -0.25) is 0 Å². The summed E-state index contributed by atoms with van der Waals surface area (Å²) in [6.07, 6.45) is 1.61. The van der Waals surface area contributed by atoms with Gasteiger partial charge in [0.05, 0.1) is 0 Å². The second kappa shape index (κ2) is 6.44. The Labute approximate surface area is 101 Å². The lowest BCUT2D eigenvalue weighted by Gasteiger charge is -2.24. The summed E-state index contributed by atoms with van der Waals surface area (Å²) in [4.78, 5) is 23.9. The first-order valence-corrected chi connectivity index (χ1v) is 6.01. The summed E-state index contributed by atoms with van der Waals surface area (Å²) in [5, 5.41) is 20.1. The Morgan fingerprint density at radius 3 is 2.82 bits per heavy atom. The highest BCUT2D eigenvalue weighted by molar-refractivity contribution is 5.75. The standard InChI is InChI=1S/C11H20N2O4/c1-2-8-4-3-7-13(8)11(17)12-6-5-9(14)10(15)16/h8-9,14H,2-7H2,1H3,(H,12,17)(H,15,16)/t8?,9-/m0/s1. The molecule has 2 atom stereocenters. The number of hydrogen-bond donors (Lipinski definition) is 3. The fourth-order valence-corrected chi connectivity index (χ4v) is 2.07. The summed E-state index contributed by atoms with van der Waals surface area (Å²) in [5.41, 5.74) is 0. The molecule has 1 aliphatic rings. The van der Waals surface area contributed by atoms with Gasteiger partial charge >= 0.3 is 12.0 Å². The number of likely N-dealkylation sites (tertiary alicyclic amines) is 1. The van der Waals surface area contributed by atoms with Gasteiger partial charge in [0.15, 0.2) is 6.10 Å². The first kappa shape index (κ1) is 13.8. The van der Waals surface area contributed by atoms with E-state index in [0.717, 1.165) is 25.8 Å². The molecule has 6 heteroatoms. The molecule has 0 aromatic carbocycles. The van der Waals surface area contributed by atoms with E-state index in [1.807, 2.05) is 6.92 Å². The second-order valence-corrected chi connectivity index (χ2v) is 4.27. The molecule has 0 aromatic heterocycles. The summed E-state index contributed by atoms with van der Waals surface area (Å²) in [6.45, 7) is 2.98. The second-order valence-electron chi connectivity index (χ2n) is 4.27. The smallest absolute Gasteiger partial charge is 0.332 e. The summed E-state index contributed by atoms with van der Waals surface area (Å²) < 4.78 is 0. The normalized spacial score (nSPS) is 21.3. The molecule has 1 rings (SSSR count). The maximum atomic E-state index is 11.8. The molecule has 0 aliphatic carbocycles. The van der Waals surface area contributed by atoms with Crippen molar-refractivity contribution in [1.29, 1.82) is 0 Å². The van der Waals surface area contributed by atoms with Gasteiger partial charge in [-0.15, -0.1) is 0 Å². The number of urea groups is 1. The molecule has 6 nitrogen and oxygen atoms in total. The summed E-state index contributed by atoms with van der Waals surface area (Å²) in [5.74, 6) is -1.26. The molecular formula is C11H20N2O4. The number of rotatable bonds is 5. The Balaban J connectivity index is 2.27. The lowest BCUT2D eigenvalue weighted by Crippen LogP contribution is -2.43. The lowest BCUT2D eigenvalue weighted by atomic mass is 10.2. The third-order valence-corrected chi connectivity index (χ3v) is 3.09. The molecule has 0 saturated carbocycles. The van der Waals surface area contributed by atoms with E-state index in [9.17, 15) is 9.59 Å². The van der Waals surface area contributed by atoms with Gasteiger partial charge in [-0.05, 0) is 19.3 Å². The molecule has 3 N–H and O–H groups in total. The molecule has 1 saturated heterocycles. The van der Waals surface area contributed by atoms with E-state index in [0.29, 0.717) is 6.04 Å². The molecule has 17 heavy (non-hydrogen) atoms. The molecule has 98 valence electrons. The minimum atomic E-state index is -1.41. The number of nitrogens with zero attached hydrogens (tertiary/aromatic N) is 1. The van der Waals surface area contributed by atoms with E-state index >= 15 is 0 Å². The van der Waals surface area contributed by atoms with Crippen LogP contribution in [0.25, 0.3) is 0 Å². The zero-order valence-electron chi connectivity index (χ0n) is 10.1. The van der Waals surface area contributed by atoms with Crippen molar-refractivity contribution in [1.82, 2.24) is 10.2 Å². The van der Waals surface area contributed by atoms with Gasteiger partial charge < -0.3 is 20.4 Å². The largest absolute Gasteiger partial charge is 0.479 e. The van der Waals surface area contributed by atoms with Crippen LogP contribution in [0.5, 0.6) is 0 Å². The summed E-state index contributed by atoms with van der Waals surface area (Å²) >= 11 is 0. The third kappa shape index (κ3) is 3.89. The number of carboxylic acid groups (broad SMARTS) is 1. The van der Waals surface area contributed by atoms with Gasteiger partial charge in [0.25, 0.3) is 0 Å². The van der Waals surface area contributed by atoms with Crippen LogP contribution in [0.15, 0.2) is 0 Å². The van der Waals surface area contributed by atoms with Crippen molar-refractivity contribution in [3.05, 3.63) is 0 Å². The van der Waals surface area contributed by atoms with Crippen molar-refractivity contribution in [2.75, 3.05) is 13.1 Å². The number of amides is 2. The van der Waals surface area contributed by atoms with Crippen molar-refractivity contribution in [2.24, 2.45) is 0 Å². The Bertz CT molecular complexity index is 283. The van der Waals surface area contributed by atoms with Gasteiger partial charge in [0.2, 0.25) is 0 Å². The van der Waals surface area contributed by atoms with Crippen molar-refractivity contribution in [2.45, 2.75) is 44.8 Å². The average molecular weight is 244 g/mol. The Morgan fingerprint density at radius 1 is 1.53 bits per heavy atom. The van der Waals surface area contributed by atoms with Crippen molar-refractivity contribution in [3.8, 4) is 0 Å². The van der Waals surface area contributed by atoms with Crippen molar-refractivity contribution < 1.29 is 19.8 Å². The van der Waals surface area contributed by atoms with Gasteiger partial charge in [-0.1, -0.05) is 6.92 Å². The van der Waals surface area contributed by atoms with Crippen LogP contribution in [-0.2, 0) is 4.79 Å². The highest BCUT2D eigenvalue weighted by Gasteiger charge is 2.27. The SMILES string of the molecule is CCC1CCCN1C(=O)NCC[C@H](O)C(=O)O. The maximum absolute atomic E-state index is 11.8. The quantitative estimate of drug-likeness (QED) is 0.653. The predicted molar refractivity (Wildman–Crippen MR) is 61.7 cm³/mol. The zero-order chi connectivity index (χ0) is 12.8. The fourth-order valence-electron chi connectivity index (χ4n) is 2.07. The van der Waals surface area contributed by atoms with Gasteiger partial charge in [-0.25, -0.2) is 9.59 Å². The molecular weight excluding hydrogens is 224 g/mol. The number of aliphatic carboxylic acids is 1. The van der Waals surface area contributed by atoms with E-state index < -0.39 is 12.1 Å². The van der Waals surface area contributed by atoms with E-state index in [2.05, 4.69) is 5.32 Å². The van der Waals surface area contributed by atoms with Gasteiger partial charge in [0.1, 0.15) is 0 Å². The van der Waals surface area contributed by atoms with Gasteiger partial charge in [-0.2, -0.15) is 0 Å². The highest BCUT2D eigenvalue weighted by atomic mass is 16.4. The minimum absolute atomic E-state index is 0.0334. The van der Waals surface area contributed by atoms with Crippen LogP contribution < -0.4 is 5.32 Å². The Hall–Kier alpha value is -1.30. The highest BCUT2D eigenvalue weighted by Crippen LogP contribution is 2.19. The van der Waals surface area contributed by atoms with E-state index in [1.165, 1.54) is 0 Å². The fraction of sp³-hybridized carbons (Fsp3) is 0.818. The van der Waals surface area contributed by atoms with Gasteiger partial charge in [0, 0.05) is 25.6 Å². The Kier molecular flexibility index (Phi) is 5.21. The first-order valence-electron chi connectivity index (χ1n) is 6.01. The lowest BCUT2D eigenvalue weighted by molar-refractivity contribution is -0.146. The molecule has 0 bridgehead atoms. The number of aliphatic hydroxyl groups is 1. The van der Waals surface area contributed by atoms with E-state index in [4.69, 9.17) is 10.2 Å². The van der Waals surface area contributed by atoms with E-state index in [-0.39, 0.29) is 19.0 Å².